The zero-order chi connectivity index (χ0) is 16.0. The predicted octanol–water partition coefficient (Wildman–Crippen LogP) is 1.19. The largest absolute Gasteiger partial charge is 0.359 e. The van der Waals surface area contributed by atoms with Gasteiger partial charge in [-0.2, -0.15) is 0 Å². The number of carbonyl (C=O) groups is 2. The van der Waals surface area contributed by atoms with Crippen LogP contribution >= 0.6 is 0 Å². The summed E-state index contributed by atoms with van der Waals surface area (Å²) in [7, 11) is 7.10. The number of amides is 2. The third-order valence-corrected chi connectivity index (χ3v) is 3.47. The fourth-order valence-electron chi connectivity index (χ4n) is 2.12. The van der Waals surface area contributed by atoms with Gasteiger partial charge in [-0.05, 0) is 26.6 Å². The van der Waals surface area contributed by atoms with Gasteiger partial charge in [-0.1, -0.05) is 29.8 Å². The number of likely N-dealkylation sites (N-methyl/N-ethyl adjacent to an activating group) is 2. The Labute approximate surface area is 126 Å². The molecule has 116 valence electrons. The minimum absolute atomic E-state index is 0.00671. The van der Waals surface area contributed by atoms with Crippen molar-refractivity contribution in [2.45, 2.75) is 19.4 Å². The van der Waals surface area contributed by atoms with Crippen LogP contribution in [0.2, 0.25) is 0 Å². The summed E-state index contributed by atoms with van der Waals surface area (Å²) in [5, 5.41) is 2.56. The van der Waals surface area contributed by atoms with Crippen LogP contribution in [0.15, 0.2) is 24.3 Å². The molecule has 21 heavy (non-hydrogen) atoms. The summed E-state index contributed by atoms with van der Waals surface area (Å²) in [5.74, 6) is -0.0702. The van der Waals surface area contributed by atoms with Gasteiger partial charge in [0.1, 0.15) is 6.04 Å². The van der Waals surface area contributed by atoms with Gasteiger partial charge in [0.25, 0.3) is 0 Å². The predicted molar refractivity (Wildman–Crippen MR) is 83.9 cm³/mol. The molecule has 0 aliphatic heterocycles. The third-order valence-electron chi connectivity index (χ3n) is 3.47. The minimum Gasteiger partial charge on any atom is -0.359 e. The van der Waals surface area contributed by atoms with E-state index in [1.165, 1.54) is 0 Å². The lowest BCUT2D eigenvalue weighted by Gasteiger charge is -2.28. The molecule has 0 fully saturated rings. The first-order chi connectivity index (χ1) is 9.86. The average molecular weight is 291 g/mol. The van der Waals surface area contributed by atoms with Gasteiger partial charge in [0.15, 0.2) is 0 Å². The Morgan fingerprint density at radius 3 is 2.19 bits per heavy atom. The maximum Gasteiger partial charge on any atom is 0.244 e. The summed E-state index contributed by atoms with van der Waals surface area (Å²) >= 11 is 0. The first-order valence-corrected chi connectivity index (χ1v) is 7.05. The van der Waals surface area contributed by atoms with Crippen molar-refractivity contribution in [3.8, 4) is 0 Å². The van der Waals surface area contributed by atoms with Crippen LogP contribution in [0.25, 0.3) is 0 Å². The van der Waals surface area contributed by atoms with E-state index >= 15 is 0 Å². The van der Waals surface area contributed by atoms with Crippen LogP contribution in [0, 0.1) is 6.92 Å². The van der Waals surface area contributed by atoms with Crippen LogP contribution in [-0.4, -0.2) is 56.3 Å². The second kappa shape index (κ2) is 7.78. The number of nitrogens with one attached hydrogen (secondary N) is 1. The Balaban J connectivity index is 2.82. The van der Waals surface area contributed by atoms with Crippen molar-refractivity contribution in [2.75, 3.05) is 34.7 Å². The van der Waals surface area contributed by atoms with Crippen molar-refractivity contribution in [1.82, 2.24) is 15.1 Å². The topological polar surface area (TPSA) is 52.7 Å². The van der Waals surface area contributed by atoms with Crippen LogP contribution in [0.5, 0.6) is 0 Å². The number of hydrogen-bond acceptors (Lipinski definition) is 3. The molecule has 5 nitrogen and oxygen atoms in total. The highest BCUT2D eigenvalue weighted by atomic mass is 16.2. The molecule has 0 radical (unpaired) electrons. The smallest absolute Gasteiger partial charge is 0.244 e. The molecule has 0 spiro atoms. The lowest BCUT2D eigenvalue weighted by atomic mass is 10.0. The molecule has 0 aromatic heterocycles. The second-order valence-electron chi connectivity index (χ2n) is 5.46. The van der Waals surface area contributed by atoms with Crippen LogP contribution in [-0.2, 0) is 9.59 Å². The number of rotatable bonds is 6. The van der Waals surface area contributed by atoms with Gasteiger partial charge in [-0.25, -0.2) is 0 Å². The monoisotopic (exact) mass is 291 g/mol. The highest BCUT2D eigenvalue weighted by Crippen LogP contribution is 2.21. The first kappa shape index (κ1) is 17.2. The standard InChI is InChI=1S/C16H25N3O2/c1-12-6-8-13(9-7-12)15(18(3)4)16(21)19(5)11-10-14(20)17-2/h6-9,15H,10-11H2,1-5H3,(H,17,20)/t15-/m0/s1. The lowest BCUT2D eigenvalue weighted by molar-refractivity contribution is -0.135. The number of carbonyl (C=O) groups excluding carboxylic acids is 2. The molecule has 1 N–H and O–H groups in total. The van der Waals surface area contributed by atoms with Gasteiger partial charge < -0.3 is 10.2 Å². The quantitative estimate of drug-likeness (QED) is 0.856. The minimum atomic E-state index is -0.333. The van der Waals surface area contributed by atoms with Crippen molar-refractivity contribution < 1.29 is 9.59 Å². The van der Waals surface area contributed by atoms with Crippen LogP contribution in [0.1, 0.15) is 23.6 Å². The van der Waals surface area contributed by atoms with E-state index in [2.05, 4.69) is 5.32 Å². The molecule has 1 aromatic rings. The van der Waals surface area contributed by atoms with Crippen LogP contribution in [0.3, 0.4) is 0 Å². The van der Waals surface area contributed by atoms with Crippen molar-refractivity contribution >= 4 is 11.8 Å². The molecule has 0 aliphatic rings. The highest BCUT2D eigenvalue weighted by Gasteiger charge is 2.25. The molecule has 2 amide bonds. The van der Waals surface area contributed by atoms with Gasteiger partial charge in [0, 0.05) is 27.1 Å². The molecular formula is C16H25N3O2. The second-order valence-corrected chi connectivity index (χ2v) is 5.46. The number of aryl methyl sites for hydroxylation is 1. The SMILES string of the molecule is CNC(=O)CCN(C)C(=O)[C@H](c1ccc(C)cc1)N(C)C. The summed E-state index contributed by atoms with van der Waals surface area (Å²) in [5.41, 5.74) is 2.12. The molecular weight excluding hydrogens is 266 g/mol. The van der Waals surface area contributed by atoms with E-state index < -0.39 is 0 Å². The van der Waals surface area contributed by atoms with E-state index in [1.54, 1.807) is 19.0 Å². The van der Waals surface area contributed by atoms with E-state index in [-0.39, 0.29) is 17.9 Å². The number of hydrogen-bond donors (Lipinski definition) is 1. The molecule has 0 aliphatic carbocycles. The third kappa shape index (κ3) is 4.86. The fourth-order valence-corrected chi connectivity index (χ4v) is 2.12. The Morgan fingerprint density at radius 1 is 1.14 bits per heavy atom. The molecule has 0 bridgehead atoms. The van der Waals surface area contributed by atoms with E-state index in [0.717, 1.165) is 11.1 Å². The Hall–Kier alpha value is -1.88. The maximum absolute atomic E-state index is 12.6. The van der Waals surface area contributed by atoms with Gasteiger partial charge >= 0.3 is 0 Å². The first-order valence-electron chi connectivity index (χ1n) is 7.05. The summed E-state index contributed by atoms with van der Waals surface area (Å²) in [4.78, 5) is 27.4. The van der Waals surface area contributed by atoms with Crippen molar-refractivity contribution in [2.24, 2.45) is 0 Å². The zero-order valence-corrected chi connectivity index (χ0v) is 13.5. The zero-order valence-electron chi connectivity index (χ0n) is 13.5. The van der Waals surface area contributed by atoms with Gasteiger partial charge in [0.05, 0.1) is 0 Å². The van der Waals surface area contributed by atoms with E-state index in [9.17, 15) is 9.59 Å². The molecule has 0 unspecified atom stereocenters. The summed E-state index contributed by atoms with van der Waals surface area (Å²) in [6, 6.07) is 7.63. The normalized spacial score (nSPS) is 12.1. The van der Waals surface area contributed by atoms with Crippen LogP contribution in [0.4, 0.5) is 0 Å². The lowest BCUT2D eigenvalue weighted by Crippen LogP contribution is -2.39. The summed E-state index contributed by atoms with van der Waals surface area (Å²) in [6.45, 7) is 2.43. The molecule has 0 saturated heterocycles. The van der Waals surface area contributed by atoms with E-state index in [1.807, 2.05) is 50.2 Å². The van der Waals surface area contributed by atoms with Crippen molar-refractivity contribution in [3.63, 3.8) is 0 Å². The molecule has 5 heteroatoms. The van der Waals surface area contributed by atoms with Gasteiger partial charge in [-0.3, -0.25) is 14.5 Å². The van der Waals surface area contributed by atoms with Crippen LogP contribution < -0.4 is 5.32 Å². The van der Waals surface area contributed by atoms with Gasteiger partial charge in [0.2, 0.25) is 11.8 Å². The maximum atomic E-state index is 12.6. The van der Waals surface area contributed by atoms with E-state index in [4.69, 9.17) is 0 Å². The Morgan fingerprint density at radius 2 is 1.71 bits per heavy atom. The Bertz CT molecular complexity index is 483. The molecule has 0 saturated carbocycles. The highest BCUT2D eigenvalue weighted by molar-refractivity contribution is 5.84. The number of benzene rings is 1. The average Bonchev–Trinajstić information content (AvgIpc) is 2.46. The van der Waals surface area contributed by atoms with Crippen molar-refractivity contribution in [1.29, 1.82) is 0 Å². The fraction of sp³-hybridized carbons (Fsp3) is 0.500. The number of nitrogens with zero attached hydrogens (tertiary/aromatic N) is 2. The van der Waals surface area contributed by atoms with Gasteiger partial charge in [-0.15, -0.1) is 0 Å². The molecule has 1 rings (SSSR count). The molecule has 1 atom stereocenters. The summed E-state index contributed by atoms with van der Waals surface area (Å²) < 4.78 is 0. The van der Waals surface area contributed by atoms with Crippen molar-refractivity contribution in [3.05, 3.63) is 35.4 Å². The Kier molecular flexibility index (Phi) is 6.37. The molecule has 0 heterocycles. The summed E-state index contributed by atoms with van der Waals surface area (Å²) in [6.07, 6.45) is 0.312. The molecule has 1 aromatic carbocycles. The van der Waals surface area contributed by atoms with E-state index in [0.29, 0.717) is 13.0 Å².